The molecule has 0 aliphatic carbocycles. The van der Waals surface area contributed by atoms with E-state index in [4.69, 9.17) is 4.74 Å². The molecule has 8 heteroatoms. The molecule has 134 valence electrons. The highest BCUT2D eigenvalue weighted by molar-refractivity contribution is 5.93. The molecular weight excluding hydrogens is 326 g/mol. The summed E-state index contributed by atoms with van der Waals surface area (Å²) < 4.78 is 11.2. The molecule has 2 rings (SSSR count). The van der Waals surface area contributed by atoms with Gasteiger partial charge in [0, 0.05) is 13.1 Å². The van der Waals surface area contributed by atoms with Gasteiger partial charge in [0.2, 0.25) is 0 Å². The number of nitrogens with one attached hydrogen (secondary N) is 1. The van der Waals surface area contributed by atoms with Gasteiger partial charge >= 0.3 is 12.1 Å². The van der Waals surface area contributed by atoms with Crippen molar-refractivity contribution >= 4 is 23.0 Å². The zero-order valence-electron chi connectivity index (χ0n) is 14.7. The van der Waals surface area contributed by atoms with Gasteiger partial charge in [-0.1, -0.05) is 0 Å². The van der Waals surface area contributed by atoms with E-state index in [1.807, 2.05) is 0 Å². The van der Waals surface area contributed by atoms with Crippen LogP contribution in [0.4, 0.5) is 4.79 Å². The zero-order valence-corrected chi connectivity index (χ0v) is 14.7. The lowest BCUT2D eigenvalue weighted by Crippen LogP contribution is -2.35. The van der Waals surface area contributed by atoms with Crippen molar-refractivity contribution < 1.29 is 19.1 Å². The van der Waals surface area contributed by atoms with Crippen molar-refractivity contribution in [3.05, 3.63) is 40.4 Å². The molecule has 1 aromatic heterocycles. The third-order valence-electron chi connectivity index (χ3n) is 3.27. The number of methoxy groups -OCH3 is 1. The largest absolute Gasteiger partial charge is 0.465 e. The van der Waals surface area contributed by atoms with Gasteiger partial charge in [-0.2, -0.15) is 0 Å². The first-order chi connectivity index (χ1) is 11.7. The second-order valence-electron chi connectivity index (χ2n) is 6.40. The lowest BCUT2D eigenvalue weighted by Gasteiger charge is -2.19. The Kier molecular flexibility index (Phi) is 5.41. The summed E-state index contributed by atoms with van der Waals surface area (Å²) in [5.74, 6) is -0.491. The molecular formula is C17H21N3O5. The summed E-state index contributed by atoms with van der Waals surface area (Å²) in [6.45, 7) is 5.79. The third kappa shape index (κ3) is 4.79. The summed E-state index contributed by atoms with van der Waals surface area (Å²) >= 11 is 0. The van der Waals surface area contributed by atoms with Gasteiger partial charge in [-0.25, -0.2) is 14.6 Å². The molecule has 0 fully saturated rings. The summed E-state index contributed by atoms with van der Waals surface area (Å²) in [7, 11) is 1.29. The number of hydrogen-bond acceptors (Lipinski definition) is 6. The van der Waals surface area contributed by atoms with Gasteiger partial charge in [0.15, 0.2) is 0 Å². The molecule has 0 aliphatic rings. The van der Waals surface area contributed by atoms with E-state index in [2.05, 4.69) is 15.0 Å². The average Bonchev–Trinajstić information content (AvgIpc) is 2.54. The van der Waals surface area contributed by atoms with E-state index in [9.17, 15) is 14.4 Å². The molecule has 0 saturated heterocycles. The Bertz CT molecular complexity index is 851. The highest BCUT2D eigenvalue weighted by Gasteiger charge is 2.15. The van der Waals surface area contributed by atoms with Gasteiger partial charge in [0.1, 0.15) is 5.60 Å². The fourth-order valence-corrected chi connectivity index (χ4v) is 2.16. The first-order valence-electron chi connectivity index (χ1n) is 7.75. The molecule has 0 bridgehead atoms. The fraction of sp³-hybridized carbons (Fsp3) is 0.412. The highest BCUT2D eigenvalue weighted by atomic mass is 16.6. The van der Waals surface area contributed by atoms with Crippen molar-refractivity contribution in [3.63, 3.8) is 0 Å². The Morgan fingerprint density at radius 2 is 2.00 bits per heavy atom. The number of alkyl carbamates (subject to hydrolysis) is 1. The van der Waals surface area contributed by atoms with E-state index in [0.717, 1.165) is 0 Å². The van der Waals surface area contributed by atoms with Crippen LogP contribution in [0.15, 0.2) is 29.3 Å². The molecule has 1 aromatic carbocycles. The first kappa shape index (κ1) is 18.4. The van der Waals surface area contributed by atoms with Gasteiger partial charge in [0.05, 0.1) is 29.9 Å². The number of fused-ring (bicyclic) bond motifs is 1. The summed E-state index contributed by atoms with van der Waals surface area (Å²) in [4.78, 5) is 39.8. The fourth-order valence-electron chi connectivity index (χ4n) is 2.16. The van der Waals surface area contributed by atoms with Gasteiger partial charge in [-0.15, -0.1) is 0 Å². The van der Waals surface area contributed by atoms with Gasteiger partial charge in [-0.05, 0) is 39.0 Å². The maximum atomic E-state index is 12.4. The number of ether oxygens (including phenoxy) is 2. The Balaban J connectivity index is 2.10. The minimum atomic E-state index is -0.581. The summed E-state index contributed by atoms with van der Waals surface area (Å²) in [5.41, 5.74) is -0.106. The lowest BCUT2D eigenvalue weighted by atomic mass is 10.1. The normalized spacial score (nSPS) is 11.2. The molecule has 2 aromatic rings. The number of nitrogens with zero attached hydrogens (tertiary/aromatic N) is 2. The molecule has 0 radical (unpaired) electrons. The lowest BCUT2D eigenvalue weighted by molar-refractivity contribution is 0.0524. The molecule has 0 saturated carbocycles. The quantitative estimate of drug-likeness (QED) is 0.845. The molecule has 25 heavy (non-hydrogen) atoms. The number of amides is 1. The van der Waals surface area contributed by atoms with Crippen molar-refractivity contribution in [1.29, 1.82) is 0 Å². The monoisotopic (exact) mass is 347 g/mol. The van der Waals surface area contributed by atoms with Crippen molar-refractivity contribution in [2.45, 2.75) is 32.9 Å². The number of esters is 1. The van der Waals surface area contributed by atoms with Gasteiger partial charge in [0.25, 0.3) is 5.56 Å². The second-order valence-corrected chi connectivity index (χ2v) is 6.40. The SMILES string of the molecule is COC(=O)c1ccc2c(=O)n(CCNC(=O)OC(C)(C)C)cnc2c1. The van der Waals surface area contributed by atoms with Gasteiger partial charge in [-0.3, -0.25) is 9.36 Å². The third-order valence-corrected chi connectivity index (χ3v) is 3.27. The van der Waals surface area contributed by atoms with Crippen molar-refractivity contribution in [1.82, 2.24) is 14.9 Å². The topological polar surface area (TPSA) is 99.5 Å². The number of rotatable bonds is 4. The number of aromatic nitrogens is 2. The highest BCUT2D eigenvalue weighted by Crippen LogP contribution is 2.11. The van der Waals surface area contributed by atoms with Crippen molar-refractivity contribution in [2.75, 3.05) is 13.7 Å². The average molecular weight is 347 g/mol. The van der Waals surface area contributed by atoms with Crippen LogP contribution in [-0.2, 0) is 16.0 Å². The molecule has 1 amide bonds. The number of carbonyl (C=O) groups excluding carboxylic acids is 2. The van der Waals surface area contributed by atoms with Crippen LogP contribution in [0.1, 0.15) is 31.1 Å². The van der Waals surface area contributed by atoms with E-state index in [1.54, 1.807) is 20.8 Å². The molecule has 0 aliphatic heterocycles. The van der Waals surface area contributed by atoms with E-state index in [0.29, 0.717) is 16.5 Å². The van der Waals surface area contributed by atoms with Crippen LogP contribution in [0.2, 0.25) is 0 Å². The molecule has 0 atom stereocenters. The first-order valence-corrected chi connectivity index (χ1v) is 7.75. The second kappa shape index (κ2) is 7.33. The van der Waals surface area contributed by atoms with E-state index < -0.39 is 17.7 Å². The van der Waals surface area contributed by atoms with E-state index in [-0.39, 0.29) is 18.6 Å². The molecule has 8 nitrogen and oxygen atoms in total. The Morgan fingerprint density at radius 3 is 2.64 bits per heavy atom. The van der Waals surface area contributed by atoms with Crippen molar-refractivity contribution in [2.24, 2.45) is 0 Å². The van der Waals surface area contributed by atoms with Crippen LogP contribution in [0.25, 0.3) is 10.9 Å². The van der Waals surface area contributed by atoms with Crippen LogP contribution in [-0.4, -0.2) is 40.9 Å². The van der Waals surface area contributed by atoms with Crippen molar-refractivity contribution in [3.8, 4) is 0 Å². The van der Waals surface area contributed by atoms with Gasteiger partial charge < -0.3 is 14.8 Å². The number of carbonyl (C=O) groups is 2. The molecule has 0 unspecified atom stereocenters. The predicted octanol–water partition coefficient (Wildman–Crippen LogP) is 1.71. The molecule has 0 spiro atoms. The Hall–Kier alpha value is -2.90. The van der Waals surface area contributed by atoms with E-state index in [1.165, 1.54) is 36.2 Å². The van der Waals surface area contributed by atoms with E-state index >= 15 is 0 Å². The smallest absolute Gasteiger partial charge is 0.407 e. The van der Waals surface area contributed by atoms with Crippen LogP contribution in [0.3, 0.4) is 0 Å². The van der Waals surface area contributed by atoms with Crippen LogP contribution in [0, 0.1) is 0 Å². The summed E-state index contributed by atoms with van der Waals surface area (Å²) in [5, 5.41) is 2.97. The minimum Gasteiger partial charge on any atom is -0.465 e. The summed E-state index contributed by atoms with van der Waals surface area (Å²) in [6.07, 6.45) is 0.833. The predicted molar refractivity (Wildman–Crippen MR) is 91.6 cm³/mol. The molecule has 1 heterocycles. The summed E-state index contributed by atoms with van der Waals surface area (Å²) in [6, 6.07) is 4.56. The maximum Gasteiger partial charge on any atom is 0.407 e. The van der Waals surface area contributed by atoms with Crippen LogP contribution >= 0.6 is 0 Å². The Labute approximate surface area is 144 Å². The number of hydrogen-bond donors (Lipinski definition) is 1. The number of benzene rings is 1. The zero-order chi connectivity index (χ0) is 18.6. The van der Waals surface area contributed by atoms with Crippen LogP contribution < -0.4 is 10.9 Å². The minimum absolute atomic E-state index is 0.224. The standard InChI is InChI=1S/C17H21N3O5/c1-17(2,3)25-16(23)18-7-8-20-10-19-13-9-11(15(22)24-4)5-6-12(13)14(20)21/h5-6,9-10H,7-8H2,1-4H3,(H,18,23). The molecule has 1 N–H and O–H groups in total. The Morgan fingerprint density at radius 1 is 1.28 bits per heavy atom. The maximum absolute atomic E-state index is 12.4. The van der Waals surface area contributed by atoms with Crippen LogP contribution in [0.5, 0.6) is 0 Å².